The van der Waals surface area contributed by atoms with Crippen LogP contribution in [0.15, 0.2) is 79.1 Å². The maximum atomic E-state index is 13.6. The molecule has 1 saturated heterocycles. The summed E-state index contributed by atoms with van der Waals surface area (Å²) >= 11 is 0. The maximum absolute atomic E-state index is 13.6. The molecule has 2 N–H and O–H groups in total. The predicted molar refractivity (Wildman–Crippen MR) is 146 cm³/mol. The summed E-state index contributed by atoms with van der Waals surface area (Å²) in [7, 11) is 0. The van der Waals surface area contributed by atoms with E-state index in [2.05, 4.69) is 15.2 Å². The Hall–Kier alpha value is -4.39. The lowest BCUT2D eigenvalue weighted by atomic mass is 9.95. The van der Waals surface area contributed by atoms with Gasteiger partial charge in [-0.2, -0.15) is 0 Å². The van der Waals surface area contributed by atoms with Crippen LogP contribution in [0.5, 0.6) is 5.75 Å². The molecule has 1 fully saturated rings. The number of nitrogens with one attached hydrogen (secondary N) is 1. The zero-order valence-electron chi connectivity index (χ0n) is 20.9. The van der Waals surface area contributed by atoms with Crippen LogP contribution in [-0.4, -0.2) is 59.5 Å². The molecule has 0 bridgehead atoms. The van der Waals surface area contributed by atoms with E-state index in [4.69, 9.17) is 0 Å². The third-order valence-electron chi connectivity index (χ3n) is 6.79. The number of pyridine rings is 1. The molecule has 0 radical (unpaired) electrons. The molecular weight excluding hydrogens is 464 g/mol. The molecule has 188 valence electrons. The number of nitrogens with zero attached hydrogens (tertiary/aromatic N) is 3. The van der Waals surface area contributed by atoms with Crippen molar-refractivity contribution in [3.8, 4) is 16.9 Å². The van der Waals surface area contributed by atoms with Crippen molar-refractivity contribution in [2.24, 2.45) is 0 Å². The summed E-state index contributed by atoms with van der Waals surface area (Å²) in [5, 5.41) is 14.6. The van der Waals surface area contributed by atoms with E-state index in [1.54, 1.807) is 12.3 Å². The molecule has 0 unspecified atom stereocenters. The van der Waals surface area contributed by atoms with E-state index in [1.807, 2.05) is 72.5 Å². The number of hydrogen-bond acceptors (Lipinski definition) is 5. The standard InChI is InChI=1S/C30H30N4O3/c1-2-13-32-29(36)21-7-9-23(10-8-21)33-14-16-34(17-15-33)30(37)28-12-11-25(22-18-24(35)20-31-19-22)26-5-3-4-6-27(26)28/h3-12,18-20,35H,2,13-17H2,1H3,(H,32,36). The van der Waals surface area contributed by atoms with Crippen molar-refractivity contribution in [2.45, 2.75) is 13.3 Å². The lowest BCUT2D eigenvalue weighted by Crippen LogP contribution is -2.48. The lowest BCUT2D eigenvalue weighted by molar-refractivity contribution is 0.0748. The number of amides is 2. The van der Waals surface area contributed by atoms with Crippen molar-refractivity contribution in [2.75, 3.05) is 37.6 Å². The zero-order valence-corrected chi connectivity index (χ0v) is 20.9. The first-order chi connectivity index (χ1) is 18.0. The van der Waals surface area contributed by atoms with E-state index in [0.29, 0.717) is 30.8 Å². The summed E-state index contributed by atoms with van der Waals surface area (Å²) in [5.41, 5.74) is 4.10. The van der Waals surface area contributed by atoms with Gasteiger partial charge >= 0.3 is 0 Å². The van der Waals surface area contributed by atoms with Gasteiger partial charge in [-0.05, 0) is 59.2 Å². The van der Waals surface area contributed by atoms with Crippen molar-refractivity contribution in [1.29, 1.82) is 0 Å². The van der Waals surface area contributed by atoms with Gasteiger partial charge < -0.3 is 20.2 Å². The highest BCUT2D eigenvalue weighted by Crippen LogP contribution is 2.32. The molecule has 37 heavy (non-hydrogen) atoms. The number of aromatic nitrogens is 1. The van der Waals surface area contributed by atoms with Gasteiger partial charge in [-0.3, -0.25) is 14.6 Å². The summed E-state index contributed by atoms with van der Waals surface area (Å²) in [6.45, 7) is 5.37. The van der Waals surface area contributed by atoms with Gasteiger partial charge in [-0.15, -0.1) is 0 Å². The molecule has 1 aromatic heterocycles. The van der Waals surface area contributed by atoms with Crippen molar-refractivity contribution in [1.82, 2.24) is 15.2 Å². The highest BCUT2D eigenvalue weighted by molar-refractivity contribution is 6.11. The van der Waals surface area contributed by atoms with E-state index in [-0.39, 0.29) is 17.6 Å². The van der Waals surface area contributed by atoms with Crippen LogP contribution in [0.1, 0.15) is 34.1 Å². The Bertz CT molecular complexity index is 1430. The van der Waals surface area contributed by atoms with Crippen LogP contribution >= 0.6 is 0 Å². The zero-order chi connectivity index (χ0) is 25.8. The van der Waals surface area contributed by atoms with Crippen LogP contribution in [0, 0.1) is 0 Å². The quantitative estimate of drug-likeness (QED) is 0.406. The Morgan fingerprint density at radius 3 is 2.35 bits per heavy atom. The number of aromatic hydroxyl groups is 1. The van der Waals surface area contributed by atoms with Crippen LogP contribution in [0.3, 0.4) is 0 Å². The largest absolute Gasteiger partial charge is 0.506 e. The third kappa shape index (κ3) is 5.11. The summed E-state index contributed by atoms with van der Waals surface area (Å²) in [6, 6.07) is 21.0. The molecule has 0 spiro atoms. The first-order valence-corrected chi connectivity index (χ1v) is 12.6. The van der Waals surface area contributed by atoms with E-state index in [0.717, 1.165) is 47.1 Å². The van der Waals surface area contributed by atoms with Crippen molar-refractivity contribution < 1.29 is 14.7 Å². The Labute approximate surface area is 216 Å². The summed E-state index contributed by atoms with van der Waals surface area (Å²) in [6.07, 6.45) is 4.02. The smallest absolute Gasteiger partial charge is 0.254 e. The van der Waals surface area contributed by atoms with E-state index >= 15 is 0 Å². The van der Waals surface area contributed by atoms with Gasteiger partial charge in [0.15, 0.2) is 0 Å². The first kappa shape index (κ1) is 24.3. The van der Waals surface area contributed by atoms with Crippen LogP contribution in [0.4, 0.5) is 5.69 Å². The number of anilines is 1. The molecule has 0 saturated carbocycles. The first-order valence-electron chi connectivity index (χ1n) is 12.6. The van der Waals surface area contributed by atoms with Crippen LogP contribution in [0.25, 0.3) is 21.9 Å². The fraction of sp³-hybridized carbons (Fsp3) is 0.233. The summed E-state index contributed by atoms with van der Waals surface area (Å²) in [5.74, 6) is 0.0655. The van der Waals surface area contributed by atoms with Crippen LogP contribution < -0.4 is 10.2 Å². The number of carbonyl (C=O) groups is 2. The molecule has 7 heteroatoms. The second kappa shape index (κ2) is 10.7. The Balaban J connectivity index is 1.30. The number of benzene rings is 3. The molecule has 2 heterocycles. The van der Waals surface area contributed by atoms with Crippen molar-refractivity contribution in [3.63, 3.8) is 0 Å². The maximum Gasteiger partial charge on any atom is 0.254 e. The minimum Gasteiger partial charge on any atom is -0.506 e. The van der Waals surface area contributed by atoms with E-state index in [1.165, 1.54) is 6.20 Å². The predicted octanol–water partition coefficient (Wildman–Crippen LogP) is 4.71. The number of piperazine rings is 1. The van der Waals surface area contributed by atoms with E-state index in [9.17, 15) is 14.7 Å². The minimum absolute atomic E-state index is 0.0133. The van der Waals surface area contributed by atoms with E-state index < -0.39 is 0 Å². The van der Waals surface area contributed by atoms with Gasteiger partial charge in [0.25, 0.3) is 11.8 Å². The number of carbonyl (C=O) groups excluding carboxylic acids is 2. The molecule has 0 aliphatic carbocycles. The average molecular weight is 495 g/mol. The minimum atomic E-state index is -0.0533. The molecule has 2 amide bonds. The summed E-state index contributed by atoms with van der Waals surface area (Å²) < 4.78 is 0. The molecule has 1 aliphatic heterocycles. The van der Waals surface area contributed by atoms with Gasteiger partial charge in [0, 0.05) is 61.3 Å². The second-order valence-corrected chi connectivity index (χ2v) is 9.22. The van der Waals surface area contributed by atoms with Crippen LogP contribution in [-0.2, 0) is 0 Å². The van der Waals surface area contributed by atoms with Gasteiger partial charge in [-0.25, -0.2) is 0 Å². The summed E-state index contributed by atoms with van der Waals surface area (Å²) in [4.78, 5) is 34.0. The fourth-order valence-electron chi connectivity index (χ4n) is 4.81. The van der Waals surface area contributed by atoms with Crippen molar-refractivity contribution >= 4 is 28.3 Å². The SMILES string of the molecule is CCCNC(=O)c1ccc(N2CCN(C(=O)c3ccc(-c4cncc(O)c4)c4ccccc34)CC2)cc1. The second-order valence-electron chi connectivity index (χ2n) is 9.22. The topological polar surface area (TPSA) is 85.8 Å². The van der Waals surface area contributed by atoms with Crippen LogP contribution in [0.2, 0.25) is 0 Å². The normalized spacial score (nSPS) is 13.5. The molecule has 4 aromatic rings. The fourth-order valence-corrected chi connectivity index (χ4v) is 4.81. The molecule has 0 atom stereocenters. The Morgan fingerprint density at radius 1 is 0.919 bits per heavy atom. The number of rotatable bonds is 6. The monoisotopic (exact) mass is 494 g/mol. The highest BCUT2D eigenvalue weighted by Gasteiger charge is 2.24. The van der Waals surface area contributed by atoms with Gasteiger partial charge in [-0.1, -0.05) is 37.3 Å². The van der Waals surface area contributed by atoms with Gasteiger partial charge in [0.1, 0.15) is 5.75 Å². The average Bonchev–Trinajstić information content (AvgIpc) is 2.95. The Kier molecular flexibility index (Phi) is 7.03. The van der Waals surface area contributed by atoms with Gasteiger partial charge in [0.05, 0.1) is 6.20 Å². The highest BCUT2D eigenvalue weighted by atomic mass is 16.3. The number of fused-ring (bicyclic) bond motifs is 1. The van der Waals surface area contributed by atoms with Gasteiger partial charge in [0.2, 0.25) is 0 Å². The third-order valence-corrected chi connectivity index (χ3v) is 6.79. The number of hydrogen-bond donors (Lipinski definition) is 2. The van der Waals surface area contributed by atoms with Crippen molar-refractivity contribution in [3.05, 3.63) is 90.3 Å². The molecular formula is C30H30N4O3. The molecule has 5 rings (SSSR count). The molecule has 7 nitrogen and oxygen atoms in total. The Morgan fingerprint density at radius 2 is 1.65 bits per heavy atom. The molecule has 1 aliphatic rings. The molecule has 3 aromatic carbocycles. The lowest BCUT2D eigenvalue weighted by Gasteiger charge is -2.36.